The van der Waals surface area contributed by atoms with Gasteiger partial charge in [-0.2, -0.15) is 0 Å². The maximum atomic E-state index is 12.9. The van der Waals surface area contributed by atoms with Gasteiger partial charge in [0.05, 0.1) is 23.9 Å². The quantitative estimate of drug-likeness (QED) is 0.367. The first-order valence-electron chi connectivity index (χ1n) is 10.9. The molecule has 34 heavy (non-hydrogen) atoms. The summed E-state index contributed by atoms with van der Waals surface area (Å²) < 4.78 is 5.38. The fraction of sp³-hybridized carbons (Fsp3) is 0.304. The van der Waals surface area contributed by atoms with E-state index in [1.54, 1.807) is 29.2 Å². The molecule has 1 saturated heterocycles. The van der Waals surface area contributed by atoms with Gasteiger partial charge in [0.15, 0.2) is 0 Å². The van der Waals surface area contributed by atoms with Crippen LogP contribution in [0.25, 0.3) is 0 Å². The fourth-order valence-electron chi connectivity index (χ4n) is 3.80. The van der Waals surface area contributed by atoms with Crippen LogP contribution in [0.5, 0.6) is 0 Å². The molecule has 3 heterocycles. The van der Waals surface area contributed by atoms with Crippen molar-refractivity contribution in [2.45, 2.75) is 13.0 Å². The van der Waals surface area contributed by atoms with Crippen LogP contribution in [-0.4, -0.2) is 69.2 Å². The molecule has 2 amide bonds. The van der Waals surface area contributed by atoms with Gasteiger partial charge < -0.3 is 19.1 Å². The van der Waals surface area contributed by atoms with Crippen LogP contribution in [0.4, 0.5) is 11.4 Å². The van der Waals surface area contributed by atoms with Crippen molar-refractivity contribution in [3.63, 3.8) is 0 Å². The highest BCUT2D eigenvalue weighted by molar-refractivity contribution is 5.92. The molecule has 0 unspecified atom stereocenters. The minimum atomic E-state index is -0.426. The molecule has 0 saturated carbocycles. The van der Waals surface area contributed by atoms with Crippen molar-refractivity contribution in [1.29, 1.82) is 0 Å². The number of nitro benzene ring substituents is 1. The zero-order valence-electron chi connectivity index (χ0n) is 18.4. The van der Waals surface area contributed by atoms with Crippen LogP contribution in [0.3, 0.4) is 0 Å². The highest BCUT2D eigenvalue weighted by Gasteiger charge is 2.24. The lowest BCUT2D eigenvalue weighted by atomic mass is 10.2. The molecule has 0 atom stereocenters. The summed E-state index contributed by atoms with van der Waals surface area (Å²) in [5, 5.41) is 10.8. The van der Waals surface area contributed by atoms with Crippen LogP contribution in [-0.2, 0) is 11.3 Å². The van der Waals surface area contributed by atoms with E-state index in [4.69, 9.17) is 4.42 Å². The van der Waals surface area contributed by atoms with Crippen LogP contribution in [0.2, 0.25) is 0 Å². The van der Waals surface area contributed by atoms with Crippen molar-refractivity contribution in [1.82, 2.24) is 19.8 Å². The van der Waals surface area contributed by atoms with E-state index in [2.05, 4.69) is 14.9 Å². The Bertz CT molecular complexity index is 1110. The molecule has 1 aliphatic rings. The average Bonchev–Trinajstić information content (AvgIpc) is 3.40. The lowest BCUT2D eigenvalue weighted by Crippen LogP contribution is -2.49. The number of nitrogens with zero attached hydrogens (tertiary/aromatic N) is 6. The number of hydrogen-bond acceptors (Lipinski definition) is 8. The fourth-order valence-corrected chi connectivity index (χ4v) is 3.80. The zero-order valence-corrected chi connectivity index (χ0v) is 18.4. The summed E-state index contributed by atoms with van der Waals surface area (Å²) in [7, 11) is 0. The lowest BCUT2D eigenvalue weighted by Gasteiger charge is -2.36. The molecular weight excluding hydrogens is 440 g/mol. The Hall–Kier alpha value is -4.28. The average molecular weight is 464 g/mol. The van der Waals surface area contributed by atoms with Gasteiger partial charge in [0.25, 0.3) is 11.6 Å². The van der Waals surface area contributed by atoms with Crippen LogP contribution < -0.4 is 4.90 Å². The number of hydrogen-bond donors (Lipinski definition) is 0. The number of amides is 2. The standard InChI is InChI=1S/C23H24N6O5/c30-22(27-13-11-26(12-14-27)18-3-5-19(6-4-18)29(32)33)7-10-28(17-20-2-1-15-34-20)23(31)21-16-24-8-9-25-21/h1-6,8-9,15-16H,7,10-14,17H2. The number of carbonyl (C=O) groups excluding carboxylic acids is 2. The van der Waals surface area contributed by atoms with E-state index in [1.165, 1.54) is 41.9 Å². The Kier molecular flexibility index (Phi) is 7.11. The number of anilines is 1. The number of nitro groups is 1. The summed E-state index contributed by atoms with van der Waals surface area (Å²) >= 11 is 0. The summed E-state index contributed by atoms with van der Waals surface area (Å²) in [4.78, 5) is 49.6. The van der Waals surface area contributed by atoms with Crippen molar-refractivity contribution in [3.8, 4) is 0 Å². The van der Waals surface area contributed by atoms with Crippen molar-refractivity contribution < 1.29 is 18.9 Å². The van der Waals surface area contributed by atoms with Gasteiger partial charge in [-0.05, 0) is 24.3 Å². The Morgan fingerprint density at radius 2 is 1.85 bits per heavy atom. The van der Waals surface area contributed by atoms with Gasteiger partial charge in [0.1, 0.15) is 11.5 Å². The molecule has 4 rings (SSSR count). The Morgan fingerprint density at radius 3 is 2.47 bits per heavy atom. The first-order chi connectivity index (χ1) is 16.5. The Balaban J connectivity index is 1.33. The lowest BCUT2D eigenvalue weighted by molar-refractivity contribution is -0.384. The number of piperazine rings is 1. The van der Waals surface area contributed by atoms with E-state index in [1.807, 2.05) is 0 Å². The second kappa shape index (κ2) is 10.6. The smallest absolute Gasteiger partial charge is 0.274 e. The third-order valence-electron chi connectivity index (χ3n) is 5.65. The van der Waals surface area contributed by atoms with Crippen molar-refractivity contribution in [2.24, 2.45) is 0 Å². The topological polar surface area (TPSA) is 126 Å². The molecule has 0 bridgehead atoms. The van der Waals surface area contributed by atoms with Crippen molar-refractivity contribution in [3.05, 3.63) is 82.8 Å². The zero-order chi connectivity index (χ0) is 23.9. The van der Waals surface area contributed by atoms with Crippen LogP contribution in [0, 0.1) is 10.1 Å². The van der Waals surface area contributed by atoms with Gasteiger partial charge in [-0.1, -0.05) is 0 Å². The van der Waals surface area contributed by atoms with Crippen LogP contribution >= 0.6 is 0 Å². The van der Waals surface area contributed by atoms with E-state index in [0.29, 0.717) is 31.9 Å². The van der Waals surface area contributed by atoms with E-state index < -0.39 is 4.92 Å². The molecule has 11 nitrogen and oxygen atoms in total. The molecule has 1 aliphatic heterocycles. The number of non-ortho nitro benzene ring substituents is 1. The van der Waals surface area contributed by atoms with E-state index >= 15 is 0 Å². The molecule has 3 aromatic rings. The van der Waals surface area contributed by atoms with Gasteiger partial charge in [-0.3, -0.25) is 24.7 Å². The summed E-state index contributed by atoms with van der Waals surface area (Å²) in [5.41, 5.74) is 1.14. The molecule has 0 aliphatic carbocycles. The predicted molar refractivity (Wildman–Crippen MR) is 122 cm³/mol. The summed E-state index contributed by atoms with van der Waals surface area (Å²) in [5.74, 6) is 0.251. The molecule has 0 spiro atoms. The number of benzene rings is 1. The predicted octanol–water partition coefficient (Wildman–Crippen LogP) is 2.36. The molecule has 1 aromatic carbocycles. The van der Waals surface area contributed by atoms with Crippen LogP contribution in [0.15, 0.2) is 65.7 Å². The van der Waals surface area contributed by atoms with Crippen molar-refractivity contribution in [2.75, 3.05) is 37.6 Å². The first-order valence-corrected chi connectivity index (χ1v) is 10.9. The first kappa shape index (κ1) is 22.9. The summed E-state index contributed by atoms with van der Waals surface area (Å²) in [6.45, 7) is 2.76. The number of carbonyl (C=O) groups is 2. The highest BCUT2D eigenvalue weighted by Crippen LogP contribution is 2.21. The number of aromatic nitrogens is 2. The Labute approximate surface area is 195 Å². The third-order valence-corrected chi connectivity index (χ3v) is 5.65. The summed E-state index contributed by atoms with van der Waals surface area (Å²) in [6.07, 6.45) is 6.05. The van der Waals surface area contributed by atoms with Crippen molar-refractivity contribution >= 4 is 23.2 Å². The number of rotatable bonds is 8. The largest absolute Gasteiger partial charge is 0.467 e. The Morgan fingerprint density at radius 1 is 1.09 bits per heavy atom. The molecular formula is C23H24N6O5. The molecule has 176 valence electrons. The molecule has 11 heteroatoms. The third kappa shape index (κ3) is 5.55. The monoisotopic (exact) mass is 464 g/mol. The van der Waals surface area contributed by atoms with Gasteiger partial charge in [-0.25, -0.2) is 4.98 Å². The van der Waals surface area contributed by atoms with E-state index in [-0.39, 0.29) is 42.7 Å². The second-order valence-electron chi connectivity index (χ2n) is 7.79. The SMILES string of the molecule is O=C(CCN(Cc1ccco1)C(=O)c1cnccn1)N1CCN(c2ccc([N+](=O)[O-])cc2)CC1. The second-order valence-corrected chi connectivity index (χ2v) is 7.79. The van der Waals surface area contributed by atoms with E-state index in [0.717, 1.165) is 5.69 Å². The molecule has 1 fully saturated rings. The normalized spacial score (nSPS) is 13.5. The minimum Gasteiger partial charge on any atom is -0.467 e. The van der Waals surface area contributed by atoms with Gasteiger partial charge >= 0.3 is 0 Å². The molecule has 2 aromatic heterocycles. The van der Waals surface area contributed by atoms with Gasteiger partial charge in [-0.15, -0.1) is 0 Å². The highest BCUT2D eigenvalue weighted by atomic mass is 16.6. The van der Waals surface area contributed by atoms with Gasteiger partial charge in [0, 0.05) is 69.4 Å². The minimum absolute atomic E-state index is 0.0419. The summed E-state index contributed by atoms with van der Waals surface area (Å²) in [6, 6.07) is 9.93. The maximum Gasteiger partial charge on any atom is 0.274 e. The molecule has 0 radical (unpaired) electrons. The molecule has 0 N–H and O–H groups in total. The maximum absolute atomic E-state index is 12.9. The van der Waals surface area contributed by atoms with Gasteiger partial charge in [0.2, 0.25) is 5.91 Å². The van der Waals surface area contributed by atoms with Crippen LogP contribution in [0.1, 0.15) is 22.7 Å². The van der Waals surface area contributed by atoms with E-state index in [9.17, 15) is 19.7 Å². The number of furan rings is 1.